The molecule has 0 fully saturated rings. The maximum Gasteiger partial charge on any atom is 0.261 e. The number of para-hydroxylation sites is 1. The Morgan fingerprint density at radius 3 is 2.50 bits per heavy atom. The quantitative estimate of drug-likeness (QED) is 0.524. The fourth-order valence-corrected chi connectivity index (χ4v) is 3.76. The van der Waals surface area contributed by atoms with Crippen LogP contribution in [0.1, 0.15) is 26.5 Å². The number of hydrogen-bond acceptors (Lipinski definition) is 4. The van der Waals surface area contributed by atoms with Gasteiger partial charge in [-0.15, -0.1) is 11.3 Å². The Hall–Kier alpha value is -3.25. The lowest BCUT2D eigenvalue weighted by molar-refractivity contribution is 0.102. The summed E-state index contributed by atoms with van der Waals surface area (Å²) in [6, 6.07) is 17.8. The van der Waals surface area contributed by atoms with Gasteiger partial charge in [0.05, 0.1) is 16.9 Å². The first-order valence-electron chi connectivity index (χ1n) is 8.99. The third-order valence-electron chi connectivity index (χ3n) is 4.52. The first-order chi connectivity index (χ1) is 13.5. The molecule has 0 aliphatic carbocycles. The monoisotopic (exact) mass is 388 g/mol. The normalized spacial score (nSPS) is 10.8. The second kappa shape index (κ2) is 7.40. The number of carbonyl (C=O) groups is 1. The van der Waals surface area contributed by atoms with Gasteiger partial charge in [0, 0.05) is 16.6 Å². The molecule has 0 radical (unpaired) electrons. The Morgan fingerprint density at radius 2 is 1.82 bits per heavy atom. The first-order valence-corrected chi connectivity index (χ1v) is 9.80. The van der Waals surface area contributed by atoms with Crippen LogP contribution in [0.15, 0.2) is 60.8 Å². The summed E-state index contributed by atoms with van der Waals surface area (Å²) in [5, 5.41) is 8.24. The summed E-state index contributed by atoms with van der Waals surface area (Å²) >= 11 is 1.47. The van der Waals surface area contributed by atoms with Crippen molar-refractivity contribution in [2.45, 2.75) is 20.8 Å². The molecule has 1 amide bonds. The molecule has 0 spiro atoms. The van der Waals surface area contributed by atoms with Crippen molar-refractivity contribution in [2.24, 2.45) is 0 Å². The molecule has 6 heteroatoms. The van der Waals surface area contributed by atoms with E-state index in [1.807, 2.05) is 75.4 Å². The summed E-state index contributed by atoms with van der Waals surface area (Å²) < 4.78 is 1.74. The van der Waals surface area contributed by atoms with Crippen molar-refractivity contribution >= 4 is 22.4 Å². The van der Waals surface area contributed by atoms with Gasteiger partial charge in [-0.2, -0.15) is 5.10 Å². The van der Waals surface area contributed by atoms with Crippen LogP contribution >= 0.6 is 11.3 Å². The molecule has 0 saturated heterocycles. The lowest BCUT2D eigenvalue weighted by atomic mass is 10.1. The van der Waals surface area contributed by atoms with Crippen LogP contribution in [-0.2, 0) is 0 Å². The predicted octanol–water partition coefficient (Wildman–Crippen LogP) is 5.17. The fourth-order valence-electron chi connectivity index (χ4n) is 2.95. The SMILES string of the molecule is Cc1cccc(-c2nn(-c3ccccc3)cc2C(=O)Nc2nc(C)c(C)s2)c1. The van der Waals surface area contributed by atoms with Gasteiger partial charge in [-0.3, -0.25) is 10.1 Å². The fraction of sp³-hybridized carbons (Fsp3) is 0.136. The number of nitrogens with one attached hydrogen (secondary N) is 1. The third kappa shape index (κ3) is 3.59. The second-order valence-electron chi connectivity index (χ2n) is 6.66. The standard InChI is InChI=1S/C22H20N4OS/c1-14-8-7-9-17(12-14)20-19(13-26(25-20)18-10-5-4-6-11-18)21(27)24-22-23-15(2)16(3)28-22/h4-13H,1-3H3,(H,23,24,27). The summed E-state index contributed by atoms with van der Waals surface area (Å²) in [6.07, 6.45) is 1.77. The zero-order valence-electron chi connectivity index (χ0n) is 15.9. The van der Waals surface area contributed by atoms with Crippen molar-refractivity contribution in [1.29, 1.82) is 0 Å². The maximum absolute atomic E-state index is 13.1. The van der Waals surface area contributed by atoms with Gasteiger partial charge in [0.2, 0.25) is 0 Å². The Morgan fingerprint density at radius 1 is 1.04 bits per heavy atom. The Bertz CT molecular complexity index is 1130. The Balaban J connectivity index is 1.77. The lowest BCUT2D eigenvalue weighted by Gasteiger charge is -2.03. The van der Waals surface area contributed by atoms with Crippen LogP contribution in [0.5, 0.6) is 0 Å². The van der Waals surface area contributed by atoms with E-state index in [0.29, 0.717) is 16.4 Å². The number of thiazole rings is 1. The molecule has 2 aromatic heterocycles. The van der Waals surface area contributed by atoms with Crippen LogP contribution in [-0.4, -0.2) is 20.7 Å². The molecule has 4 rings (SSSR count). The molecular formula is C22H20N4OS. The summed E-state index contributed by atoms with van der Waals surface area (Å²) in [5.41, 5.74) is 5.02. The molecule has 0 unspecified atom stereocenters. The number of aromatic nitrogens is 3. The van der Waals surface area contributed by atoms with Crippen molar-refractivity contribution in [3.8, 4) is 16.9 Å². The molecule has 2 aromatic carbocycles. The molecule has 0 aliphatic heterocycles. The average molecular weight is 388 g/mol. The van der Waals surface area contributed by atoms with Gasteiger partial charge in [0.15, 0.2) is 5.13 Å². The van der Waals surface area contributed by atoms with Crippen molar-refractivity contribution in [1.82, 2.24) is 14.8 Å². The number of aryl methyl sites for hydroxylation is 3. The van der Waals surface area contributed by atoms with Gasteiger partial charge in [-0.05, 0) is 39.0 Å². The number of anilines is 1. The highest BCUT2D eigenvalue weighted by atomic mass is 32.1. The number of rotatable bonds is 4. The van der Waals surface area contributed by atoms with E-state index in [-0.39, 0.29) is 5.91 Å². The molecule has 28 heavy (non-hydrogen) atoms. The van der Waals surface area contributed by atoms with E-state index in [1.165, 1.54) is 11.3 Å². The van der Waals surface area contributed by atoms with E-state index in [2.05, 4.69) is 10.3 Å². The van der Waals surface area contributed by atoms with Gasteiger partial charge < -0.3 is 0 Å². The molecule has 0 atom stereocenters. The maximum atomic E-state index is 13.1. The van der Waals surface area contributed by atoms with E-state index in [1.54, 1.807) is 10.9 Å². The molecular weight excluding hydrogens is 368 g/mol. The van der Waals surface area contributed by atoms with E-state index in [0.717, 1.165) is 27.4 Å². The van der Waals surface area contributed by atoms with Crippen LogP contribution in [0, 0.1) is 20.8 Å². The van der Waals surface area contributed by atoms with Gasteiger partial charge in [-0.25, -0.2) is 9.67 Å². The Labute approximate surface area is 167 Å². The van der Waals surface area contributed by atoms with Gasteiger partial charge in [0.1, 0.15) is 5.69 Å². The van der Waals surface area contributed by atoms with Crippen LogP contribution in [0.2, 0.25) is 0 Å². The first kappa shape index (κ1) is 18.1. The minimum Gasteiger partial charge on any atom is -0.298 e. The molecule has 1 N–H and O–H groups in total. The largest absolute Gasteiger partial charge is 0.298 e. The van der Waals surface area contributed by atoms with Gasteiger partial charge >= 0.3 is 0 Å². The zero-order valence-corrected chi connectivity index (χ0v) is 16.7. The number of nitrogens with zero attached hydrogens (tertiary/aromatic N) is 3. The molecule has 4 aromatic rings. The van der Waals surface area contributed by atoms with Crippen molar-refractivity contribution in [3.63, 3.8) is 0 Å². The minimum absolute atomic E-state index is 0.215. The smallest absolute Gasteiger partial charge is 0.261 e. The lowest BCUT2D eigenvalue weighted by Crippen LogP contribution is -2.12. The van der Waals surface area contributed by atoms with E-state index >= 15 is 0 Å². The van der Waals surface area contributed by atoms with Crippen molar-refractivity contribution < 1.29 is 4.79 Å². The topological polar surface area (TPSA) is 59.8 Å². The Kier molecular flexibility index (Phi) is 4.79. The van der Waals surface area contributed by atoms with Crippen LogP contribution in [0.3, 0.4) is 0 Å². The number of hydrogen-bond donors (Lipinski definition) is 1. The number of carbonyl (C=O) groups excluding carboxylic acids is 1. The van der Waals surface area contributed by atoms with Gasteiger partial charge in [-0.1, -0.05) is 42.0 Å². The summed E-state index contributed by atoms with van der Waals surface area (Å²) in [7, 11) is 0. The highest BCUT2D eigenvalue weighted by molar-refractivity contribution is 7.15. The molecule has 0 saturated carbocycles. The molecule has 140 valence electrons. The minimum atomic E-state index is -0.215. The van der Waals surface area contributed by atoms with Gasteiger partial charge in [0.25, 0.3) is 5.91 Å². The van der Waals surface area contributed by atoms with Crippen LogP contribution < -0.4 is 5.32 Å². The van der Waals surface area contributed by atoms with Crippen LogP contribution in [0.25, 0.3) is 16.9 Å². The average Bonchev–Trinajstić information content (AvgIpc) is 3.26. The molecule has 2 heterocycles. The molecule has 0 bridgehead atoms. The third-order valence-corrected chi connectivity index (χ3v) is 5.51. The van der Waals surface area contributed by atoms with Crippen molar-refractivity contribution in [2.75, 3.05) is 5.32 Å². The van der Waals surface area contributed by atoms with E-state index < -0.39 is 0 Å². The second-order valence-corrected chi connectivity index (χ2v) is 7.86. The summed E-state index contributed by atoms with van der Waals surface area (Å²) in [4.78, 5) is 18.6. The highest BCUT2D eigenvalue weighted by Crippen LogP contribution is 2.27. The van der Waals surface area contributed by atoms with E-state index in [9.17, 15) is 4.79 Å². The molecule has 5 nitrogen and oxygen atoms in total. The van der Waals surface area contributed by atoms with Crippen LogP contribution in [0.4, 0.5) is 5.13 Å². The van der Waals surface area contributed by atoms with E-state index in [4.69, 9.17) is 5.10 Å². The summed E-state index contributed by atoms with van der Waals surface area (Å²) in [6.45, 7) is 5.96. The highest BCUT2D eigenvalue weighted by Gasteiger charge is 2.20. The molecule has 0 aliphatic rings. The van der Waals surface area contributed by atoms with Crippen molar-refractivity contribution in [3.05, 3.63) is 82.5 Å². The number of amides is 1. The predicted molar refractivity (Wildman–Crippen MR) is 113 cm³/mol. The number of benzene rings is 2. The zero-order chi connectivity index (χ0) is 19.7. The summed E-state index contributed by atoms with van der Waals surface area (Å²) in [5.74, 6) is -0.215.